The van der Waals surface area contributed by atoms with Crippen LogP contribution < -0.4 is 0 Å². The number of carbonyl (C=O) groups is 1. The summed E-state index contributed by atoms with van der Waals surface area (Å²) in [5, 5.41) is 28.5. The number of fused-ring (bicyclic) bond motifs is 5. The first-order chi connectivity index (χ1) is 14.3. The molecule has 0 saturated heterocycles. The molecule has 168 valence electrons. The Kier molecular flexibility index (Phi) is 7.81. The van der Waals surface area contributed by atoms with Gasteiger partial charge in [-0.25, -0.2) is 4.79 Å². The van der Waals surface area contributed by atoms with Crippen molar-refractivity contribution in [2.45, 2.75) is 57.5 Å². The minimum atomic E-state index is -0.971. The number of carboxylic acid groups (broad SMARTS) is 1. The first kappa shape index (κ1) is 23.5. The molecule has 3 aliphatic rings. The summed E-state index contributed by atoms with van der Waals surface area (Å²) in [5.41, 5.74) is 2.99. The van der Waals surface area contributed by atoms with Gasteiger partial charge in [0.15, 0.2) is 0 Å². The number of nitrogens with zero attached hydrogens (tertiary/aromatic N) is 1. The van der Waals surface area contributed by atoms with Gasteiger partial charge in [0, 0.05) is 24.8 Å². The third-order valence-electron chi connectivity index (χ3n) is 7.64. The Labute approximate surface area is 189 Å². The molecule has 0 bridgehead atoms. The number of hydrogen-bond acceptors (Lipinski definition) is 3. The molecule has 2 saturated carbocycles. The number of phenolic OH excluding ortho intramolecular Hbond substituents is 1. The van der Waals surface area contributed by atoms with Crippen molar-refractivity contribution < 1.29 is 20.1 Å². The van der Waals surface area contributed by atoms with Gasteiger partial charge in [-0.1, -0.05) is 13.0 Å². The second-order valence-corrected chi connectivity index (χ2v) is 9.84. The highest BCUT2D eigenvalue weighted by atomic mass is 35.5. The normalized spacial score (nSPS) is 31.6. The molecule has 3 aliphatic carbocycles. The van der Waals surface area contributed by atoms with E-state index in [2.05, 4.69) is 13.0 Å². The maximum Gasteiger partial charge on any atom is 0.407 e. The Hall–Kier alpha value is -1.17. The van der Waals surface area contributed by atoms with Crippen molar-refractivity contribution in [1.82, 2.24) is 4.90 Å². The maximum atomic E-state index is 10.4. The third-order valence-corrected chi connectivity index (χ3v) is 7.98. The summed E-state index contributed by atoms with van der Waals surface area (Å²) in [4.78, 5) is 11.5. The van der Waals surface area contributed by atoms with E-state index in [1.807, 2.05) is 12.1 Å². The molecule has 0 unspecified atom stereocenters. The molecule has 5 atom stereocenters. The van der Waals surface area contributed by atoms with Gasteiger partial charge in [-0.15, -0.1) is 23.2 Å². The van der Waals surface area contributed by atoms with Crippen LogP contribution in [0.15, 0.2) is 18.2 Å². The van der Waals surface area contributed by atoms with Gasteiger partial charge in [0.2, 0.25) is 0 Å². The van der Waals surface area contributed by atoms with Crippen molar-refractivity contribution in [3.8, 4) is 5.75 Å². The van der Waals surface area contributed by atoms with Gasteiger partial charge in [0.1, 0.15) is 5.75 Å². The lowest BCUT2D eigenvalue weighted by molar-refractivity contribution is -0.0226. The number of alkyl halides is 2. The molecule has 0 radical (unpaired) electrons. The molecule has 1 amide bonds. The number of halogens is 2. The topological polar surface area (TPSA) is 81.0 Å². The van der Waals surface area contributed by atoms with Crippen LogP contribution in [0.4, 0.5) is 4.79 Å². The molecule has 0 aromatic heterocycles. The lowest BCUT2D eigenvalue weighted by atomic mass is 9.55. The summed E-state index contributed by atoms with van der Waals surface area (Å²) in [7, 11) is 0. The Morgan fingerprint density at radius 2 is 1.87 bits per heavy atom. The van der Waals surface area contributed by atoms with E-state index >= 15 is 0 Å². The molecule has 0 spiro atoms. The monoisotopic (exact) mass is 457 g/mol. The van der Waals surface area contributed by atoms with E-state index in [1.54, 1.807) is 0 Å². The summed E-state index contributed by atoms with van der Waals surface area (Å²) in [6.07, 6.45) is 5.81. The molecule has 1 aromatic rings. The standard InChI is InChI=1S/C18H24O2.C5H9Cl2NO2/c1-18-9-8-14-13-5-3-12(19)10-11(13)2-4-15(14)16(18)6-7-17(18)20;6-1-3-8(4-2-7)5(9)10/h3,5,10,14-17,19-20H,2,4,6-9H2,1H3;1-4H2,(H,9,10)/t14-,15-,16+,17+,18+;/m1./s1. The zero-order valence-electron chi connectivity index (χ0n) is 17.6. The van der Waals surface area contributed by atoms with Gasteiger partial charge in [-0.2, -0.15) is 0 Å². The van der Waals surface area contributed by atoms with Crippen molar-refractivity contribution in [1.29, 1.82) is 0 Å². The second kappa shape index (κ2) is 9.97. The van der Waals surface area contributed by atoms with Crippen molar-refractivity contribution in [2.75, 3.05) is 24.8 Å². The van der Waals surface area contributed by atoms with Crippen LogP contribution in [-0.4, -0.2) is 57.3 Å². The van der Waals surface area contributed by atoms with E-state index in [4.69, 9.17) is 28.3 Å². The van der Waals surface area contributed by atoms with Crippen LogP contribution in [0.2, 0.25) is 0 Å². The van der Waals surface area contributed by atoms with Gasteiger partial charge in [0.05, 0.1) is 6.10 Å². The number of phenols is 1. The fourth-order valence-corrected chi connectivity index (χ4v) is 6.46. The fourth-order valence-electron chi connectivity index (χ4n) is 6.05. The van der Waals surface area contributed by atoms with Gasteiger partial charge < -0.3 is 20.2 Å². The average molecular weight is 458 g/mol. The number of benzene rings is 1. The fraction of sp³-hybridized carbons (Fsp3) is 0.696. The molecule has 0 heterocycles. The number of aromatic hydroxyl groups is 1. The highest BCUT2D eigenvalue weighted by molar-refractivity contribution is 6.18. The Morgan fingerprint density at radius 1 is 1.17 bits per heavy atom. The lowest BCUT2D eigenvalue weighted by Gasteiger charge is -2.50. The molecule has 4 rings (SSSR count). The summed E-state index contributed by atoms with van der Waals surface area (Å²) >= 11 is 10.7. The average Bonchev–Trinajstić information content (AvgIpc) is 3.02. The van der Waals surface area contributed by atoms with Gasteiger partial charge in [-0.05, 0) is 85.0 Å². The first-order valence-corrected chi connectivity index (χ1v) is 12.0. The van der Waals surface area contributed by atoms with E-state index in [-0.39, 0.29) is 11.5 Å². The Morgan fingerprint density at radius 3 is 2.50 bits per heavy atom. The molecule has 1 aromatic carbocycles. The maximum absolute atomic E-state index is 10.4. The lowest BCUT2D eigenvalue weighted by Crippen LogP contribution is -2.43. The molecular formula is C23H33Cl2NO4. The van der Waals surface area contributed by atoms with E-state index in [9.17, 15) is 15.0 Å². The number of aliphatic hydroxyl groups is 1. The largest absolute Gasteiger partial charge is 0.508 e. The predicted molar refractivity (Wildman–Crippen MR) is 120 cm³/mol. The number of rotatable bonds is 4. The Balaban J connectivity index is 0.000000220. The second-order valence-electron chi connectivity index (χ2n) is 9.08. The third kappa shape index (κ3) is 4.68. The van der Waals surface area contributed by atoms with Crippen LogP contribution in [-0.2, 0) is 6.42 Å². The minimum absolute atomic E-state index is 0.0883. The first-order valence-electron chi connectivity index (χ1n) is 10.9. The number of amides is 1. The smallest absolute Gasteiger partial charge is 0.407 e. The van der Waals surface area contributed by atoms with Crippen molar-refractivity contribution in [3.63, 3.8) is 0 Å². The molecule has 30 heavy (non-hydrogen) atoms. The van der Waals surface area contributed by atoms with Crippen molar-refractivity contribution >= 4 is 29.3 Å². The molecule has 0 aliphatic heterocycles. The van der Waals surface area contributed by atoms with E-state index in [0.29, 0.717) is 42.4 Å². The molecule has 7 heteroatoms. The van der Waals surface area contributed by atoms with Crippen LogP contribution in [0.25, 0.3) is 0 Å². The molecule has 3 N–H and O–H groups in total. The van der Waals surface area contributed by atoms with Crippen LogP contribution in [0.5, 0.6) is 5.75 Å². The SMILES string of the molecule is C[C@]12CC[C@@H]3c4ccc(O)cc4CC[C@H]3[C@@H]1CC[C@@H]2O.O=C(O)N(CCCl)CCCl. The summed E-state index contributed by atoms with van der Waals surface area (Å²) < 4.78 is 0. The summed E-state index contributed by atoms with van der Waals surface area (Å²) in [5.74, 6) is 3.11. The highest BCUT2D eigenvalue weighted by Crippen LogP contribution is 2.60. The van der Waals surface area contributed by atoms with Crippen LogP contribution in [0, 0.1) is 17.3 Å². The van der Waals surface area contributed by atoms with E-state index in [0.717, 1.165) is 25.2 Å². The zero-order chi connectivity index (χ0) is 21.9. The minimum Gasteiger partial charge on any atom is -0.508 e. The predicted octanol–water partition coefficient (Wildman–Crippen LogP) is 5.05. The van der Waals surface area contributed by atoms with Crippen molar-refractivity contribution in [2.24, 2.45) is 17.3 Å². The van der Waals surface area contributed by atoms with Gasteiger partial charge in [0.25, 0.3) is 0 Å². The van der Waals surface area contributed by atoms with Crippen LogP contribution in [0.3, 0.4) is 0 Å². The van der Waals surface area contributed by atoms with Crippen LogP contribution >= 0.6 is 23.2 Å². The zero-order valence-corrected chi connectivity index (χ0v) is 19.1. The summed E-state index contributed by atoms with van der Waals surface area (Å²) in [6, 6.07) is 5.96. The number of aryl methyl sites for hydroxylation is 1. The molecule has 2 fully saturated rings. The van der Waals surface area contributed by atoms with Gasteiger partial charge in [-0.3, -0.25) is 0 Å². The quantitative estimate of drug-likeness (QED) is 0.552. The summed E-state index contributed by atoms with van der Waals surface area (Å²) in [6.45, 7) is 2.99. The number of aliphatic hydroxyl groups excluding tert-OH is 1. The van der Waals surface area contributed by atoms with Gasteiger partial charge >= 0.3 is 6.09 Å². The van der Waals surface area contributed by atoms with E-state index in [1.165, 1.54) is 35.3 Å². The Bertz CT molecular complexity index is 740. The molecular weight excluding hydrogens is 425 g/mol. The van der Waals surface area contributed by atoms with Crippen molar-refractivity contribution in [3.05, 3.63) is 29.3 Å². The van der Waals surface area contributed by atoms with Crippen LogP contribution in [0.1, 0.15) is 56.1 Å². The number of hydrogen-bond donors (Lipinski definition) is 3. The molecule has 5 nitrogen and oxygen atoms in total. The van der Waals surface area contributed by atoms with E-state index < -0.39 is 6.09 Å². The highest BCUT2D eigenvalue weighted by Gasteiger charge is 2.54.